The molecule has 0 bridgehead atoms. The van der Waals surface area contributed by atoms with E-state index in [0.717, 1.165) is 18.5 Å². The smallest absolute Gasteiger partial charge is 0.350 e. The highest BCUT2D eigenvalue weighted by Gasteiger charge is 2.30. The normalized spacial score (nSPS) is 17.4. The highest BCUT2D eigenvalue weighted by atomic mass is 16.3. The number of aryl methyl sites for hydroxylation is 1. The fraction of sp³-hybridized carbons (Fsp3) is 0.316. The van der Waals surface area contributed by atoms with Crippen molar-refractivity contribution in [2.24, 2.45) is 7.05 Å². The summed E-state index contributed by atoms with van der Waals surface area (Å²) in [7, 11) is 1.66. The van der Waals surface area contributed by atoms with Crippen molar-refractivity contribution in [1.82, 2.24) is 19.2 Å². The molecular formula is C19H20N4O3. The Labute approximate surface area is 150 Å². The number of carbonyl (C=O) groups is 1. The maximum Gasteiger partial charge on any atom is 0.350 e. The van der Waals surface area contributed by atoms with Gasteiger partial charge in [-0.25, -0.2) is 14.0 Å². The zero-order valence-electron chi connectivity index (χ0n) is 14.5. The Hall–Kier alpha value is -3.09. The van der Waals surface area contributed by atoms with Crippen molar-refractivity contribution in [3.8, 4) is 5.69 Å². The Kier molecular flexibility index (Phi) is 4.20. The third-order valence-corrected chi connectivity index (χ3v) is 4.81. The van der Waals surface area contributed by atoms with Crippen molar-refractivity contribution in [3.05, 3.63) is 70.8 Å². The van der Waals surface area contributed by atoms with E-state index < -0.39 is 0 Å². The fourth-order valence-electron chi connectivity index (χ4n) is 3.51. The Morgan fingerprint density at radius 2 is 2.04 bits per heavy atom. The molecule has 2 aromatic heterocycles. The number of rotatable bonds is 3. The van der Waals surface area contributed by atoms with Crippen LogP contribution in [-0.2, 0) is 7.05 Å². The van der Waals surface area contributed by atoms with Gasteiger partial charge in [0.25, 0.3) is 5.91 Å². The van der Waals surface area contributed by atoms with E-state index in [0.29, 0.717) is 24.5 Å². The summed E-state index contributed by atoms with van der Waals surface area (Å²) in [5.74, 6) is 0.662. The van der Waals surface area contributed by atoms with Gasteiger partial charge < -0.3 is 9.32 Å². The van der Waals surface area contributed by atoms with Gasteiger partial charge in [-0.2, -0.15) is 5.10 Å². The summed E-state index contributed by atoms with van der Waals surface area (Å²) in [6.07, 6.45) is 4.72. The van der Waals surface area contributed by atoms with Crippen LogP contribution in [0.25, 0.3) is 5.69 Å². The van der Waals surface area contributed by atoms with Crippen molar-refractivity contribution < 1.29 is 9.21 Å². The number of para-hydroxylation sites is 1. The minimum atomic E-state index is -0.176. The van der Waals surface area contributed by atoms with Crippen molar-refractivity contribution in [2.45, 2.75) is 18.8 Å². The second-order valence-electron chi connectivity index (χ2n) is 6.54. The molecule has 1 atom stereocenters. The third-order valence-electron chi connectivity index (χ3n) is 4.81. The Bertz CT molecular complexity index is 957. The van der Waals surface area contributed by atoms with Gasteiger partial charge in [-0.1, -0.05) is 18.2 Å². The van der Waals surface area contributed by atoms with E-state index >= 15 is 0 Å². The third kappa shape index (κ3) is 2.85. The quantitative estimate of drug-likeness (QED) is 0.724. The number of furan rings is 1. The second-order valence-corrected chi connectivity index (χ2v) is 6.54. The van der Waals surface area contributed by atoms with Crippen molar-refractivity contribution in [2.75, 3.05) is 13.1 Å². The molecule has 1 aliphatic heterocycles. The second kappa shape index (κ2) is 6.67. The van der Waals surface area contributed by atoms with E-state index in [1.165, 1.54) is 17.2 Å². The van der Waals surface area contributed by atoms with Gasteiger partial charge in [-0.3, -0.25) is 4.79 Å². The summed E-state index contributed by atoms with van der Waals surface area (Å²) >= 11 is 0. The standard InChI is InChI=1S/C19H20N4O3/c1-21-19(25)23(16-7-3-2-4-8-16)17(20-21)14-6-5-10-22(12-14)18(24)15-9-11-26-13-15/h2-4,7-9,11,13-14H,5-6,10,12H2,1H3. The topological polar surface area (TPSA) is 73.3 Å². The molecule has 3 heterocycles. The summed E-state index contributed by atoms with van der Waals surface area (Å²) in [4.78, 5) is 27.1. The molecule has 7 nitrogen and oxygen atoms in total. The highest BCUT2D eigenvalue weighted by molar-refractivity contribution is 5.93. The van der Waals surface area contributed by atoms with Crippen LogP contribution in [-0.4, -0.2) is 38.2 Å². The van der Waals surface area contributed by atoms with E-state index in [-0.39, 0.29) is 17.5 Å². The number of amides is 1. The molecule has 0 N–H and O–H groups in total. The molecule has 1 aliphatic rings. The molecule has 1 unspecified atom stereocenters. The lowest BCUT2D eigenvalue weighted by atomic mass is 9.96. The van der Waals surface area contributed by atoms with Crippen molar-refractivity contribution >= 4 is 5.91 Å². The molecule has 0 spiro atoms. The zero-order valence-corrected chi connectivity index (χ0v) is 14.5. The molecular weight excluding hydrogens is 332 g/mol. The number of carbonyl (C=O) groups excluding carboxylic acids is 1. The first-order chi connectivity index (χ1) is 12.6. The van der Waals surface area contributed by atoms with Crippen LogP contribution in [0.2, 0.25) is 0 Å². The minimum absolute atomic E-state index is 0.00806. The van der Waals surface area contributed by atoms with Gasteiger partial charge in [0, 0.05) is 26.1 Å². The summed E-state index contributed by atoms with van der Waals surface area (Å²) in [5.41, 5.74) is 1.16. The highest BCUT2D eigenvalue weighted by Crippen LogP contribution is 2.27. The SMILES string of the molecule is Cn1nc(C2CCCN(C(=O)c3ccoc3)C2)n(-c2ccccc2)c1=O. The number of likely N-dealkylation sites (tertiary alicyclic amines) is 1. The lowest BCUT2D eigenvalue weighted by Crippen LogP contribution is -2.39. The number of piperidine rings is 1. The summed E-state index contributed by atoms with van der Waals surface area (Å²) in [6.45, 7) is 1.23. The van der Waals surface area contributed by atoms with Crippen LogP contribution < -0.4 is 5.69 Å². The first kappa shape index (κ1) is 16.4. The Balaban J connectivity index is 1.67. The van der Waals surface area contributed by atoms with E-state index in [9.17, 15) is 9.59 Å². The molecule has 7 heteroatoms. The summed E-state index contributed by atoms with van der Waals surface area (Å²) < 4.78 is 8.03. The molecule has 4 rings (SSSR count). The lowest BCUT2D eigenvalue weighted by Gasteiger charge is -2.32. The number of hydrogen-bond acceptors (Lipinski definition) is 4. The van der Waals surface area contributed by atoms with Crippen LogP contribution in [0.4, 0.5) is 0 Å². The number of benzene rings is 1. The average Bonchev–Trinajstić information content (AvgIpc) is 3.31. The molecule has 1 aromatic carbocycles. The van der Waals surface area contributed by atoms with Crippen molar-refractivity contribution in [3.63, 3.8) is 0 Å². The Morgan fingerprint density at radius 1 is 1.23 bits per heavy atom. The van der Waals surface area contributed by atoms with Crippen LogP contribution in [0.1, 0.15) is 34.9 Å². The maximum absolute atomic E-state index is 12.6. The van der Waals surface area contributed by atoms with Gasteiger partial charge in [0.05, 0.1) is 17.5 Å². The van der Waals surface area contributed by atoms with Gasteiger partial charge in [-0.15, -0.1) is 0 Å². The molecule has 3 aromatic rings. The minimum Gasteiger partial charge on any atom is -0.472 e. The predicted molar refractivity (Wildman–Crippen MR) is 95.4 cm³/mol. The maximum atomic E-state index is 12.6. The average molecular weight is 352 g/mol. The van der Waals surface area contributed by atoms with E-state index in [1.807, 2.05) is 35.2 Å². The molecule has 1 amide bonds. The van der Waals surface area contributed by atoms with Gasteiger partial charge in [0.1, 0.15) is 12.1 Å². The number of hydrogen-bond donors (Lipinski definition) is 0. The van der Waals surface area contributed by atoms with Crippen LogP contribution in [0.15, 0.2) is 58.1 Å². The monoisotopic (exact) mass is 352 g/mol. The molecule has 0 aliphatic carbocycles. The van der Waals surface area contributed by atoms with E-state index in [4.69, 9.17) is 4.42 Å². The molecule has 0 saturated carbocycles. The zero-order chi connectivity index (χ0) is 18.1. The van der Waals surface area contributed by atoms with Crippen molar-refractivity contribution in [1.29, 1.82) is 0 Å². The van der Waals surface area contributed by atoms with E-state index in [2.05, 4.69) is 5.10 Å². The molecule has 26 heavy (non-hydrogen) atoms. The summed E-state index contributed by atoms with van der Waals surface area (Å²) in [6, 6.07) is 11.2. The number of aromatic nitrogens is 3. The fourth-order valence-corrected chi connectivity index (χ4v) is 3.51. The van der Waals surface area contributed by atoms with Gasteiger partial charge >= 0.3 is 5.69 Å². The first-order valence-electron chi connectivity index (χ1n) is 8.68. The van der Waals surface area contributed by atoms with Gasteiger partial charge in [0.2, 0.25) is 0 Å². The van der Waals surface area contributed by atoms with Crippen LogP contribution in [0.3, 0.4) is 0 Å². The largest absolute Gasteiger partial charge is 0.472 e. The van der Waals surface area contributed by atoms with Crippen LogP contribution in [0.5, 0.6) is 0 Å². The first-order valence-corrected chi connectivity index (χ1v) is 8.68. The predicted octanol–water partition coefficient (Wildman–Crippen LogP) is 2.18. The lowest BCUT2D eigenvalue weighted by molar-refractivity contribution is 0.0703. The molecule has 1 saturated heterocycles. The Morgan fingerprint density at radius 3 is 2.77 bits per heavy atom. The van der Waals surface area contributed by atoms with Gasteiger partial charge in [-0.05, 0) is 31.0 Å². The molecule has 0 radical (unpaired) electrons. The van der Waals surface area contributed by atoms with Gasteiger partial charge in [0.15, 0.2) is 0 Å². The number of nitrogens with zero attached hydrogens (tertiary/aromatic N) is 4. The van der Waals surface area contributed by atoms with Crippen LogP contribution >= 0.6 is 0 Å². The van der Waals surface area contributed by atoms with E-state index in [1.54, 1.807) is 17.7 Å². The van der Waals surface area contributed by atoms with Crippen LogP contribution in [0, 0.1) is 0 Å². The molecule has 1 fully saturated rings. The summed E-state index contributed by atoms with van der Waals surface area (Å²) in [5, 5.41) is 4.48. The molecule has 134 valence electrons.